The van der Waals surface area contributed by atoms with Crippen LogP contribution in [0, 0.1) is 13.8 Å². The van der Waals surface area contributed by atoms with Gasteiger partial charge >= 0.3 is 5.97 Å². The molecular weight excluding hydrogens is 334 g/mol. The number of rotatable bonds is 4. The van der Waals surface area contributed by atoms with Gasteiger partial charge in [-0.15, -0.1) is 0 Å². The summed E-state index contributed by atoms with van der Waals surface area (Å²) in [5.74, 6) is -0.369. The topological polar surface area (TPSA) is 75.9 Å². The van der Waals surface area contributed by atoms with E-state index < -0.39 is 12.1 Å². The van der Waals surface area contributed by atoms with E-state index in [9.17, 15) is 9.59 Å². The summed E-state index contributed by atoms with van der Waals surface area (Å²) in [7, 11) is 0. The Kier molecular flexibility index (Phi) is 5.25. The molecule has 1 aliphatic heterocycles. The minimum absolute atomic E-state index is 0.183. The number of hydrogen-bond acceptors (Lipinski definition) is 6. The van der Waals surface area contributed by atoms with Crippen molar-refractivity contribution in [2.75, 3.05) is 31.1 Å². The standard InChI is InChI=1S/C19H23N3O4/c1-13-17(14(2)26-20-13)19(24)25-15(3)18(23)22-11-9-21(10-12-22)16-7-5-4-6-8-16/h4-8,15H,9-12H2,1-3H3/t15-/m1/s1. The van der Waals surface area contributed by atoms with Crippen LogP contribution in [0.1, 0.15) is 28.7 Å². The van der Waals surface area contributed by atoms with Crippen molar-refractivity contribution in [1.29, 1.82) is 0 Å². The summed E-state index contributed by atoms with van der Waals surface area (Å²) >= 11 is 0. The van der Waals surface area contributed by atoms with Crippen LogP contribution in [0.2, 0.25) is 0 Å². The van der Waals surface area contributed by atoms with E-state index in [1.165, 1.54) is 0 Å². The van der Waals surface area contributed by atoms with Gasteiger partial charge < -0.3 is 19.1 Å². The first-order chi connectivity index (χ1) is 12.5. The summed E-state index contributed by atoms with van der Waals surface area (Å²) in [5.41, 5.74) is 1.90. The molecule has 1 amide bonds. The molecule has 26 heavy (non-hydrogen) atoms. The summed E-state index contributed by atoms with van der Waals surface area (Å²) in [4.78, 5) is 28.9. The van der Waals surface area contributed by atoms with Gasteiger partial charge in [0.05, 0.1) is 5.69 Å². The molecule has 0 saturated carbocycles. The number of aromatic nitrogens is 1. The maximum Gasteiger partial charge on any atom is 0.344 e. The van der Waals surface area contributed by atoms with Crippen LogP contribution in [0.3, 0.4) is 0 Å². The molecule has 2 aromatic rings. The summed E-state index contributed by atoms with van der Waals surface area (Å²) in [6.07, 6.45) is -0.848. The van der Waals surface area contributed by atoms with Crippen LogP contribution in [0.15, 0.2) is 34.9 Å². The highest BCUT2D eigenvalue weighted by molar-refractivity contribution is 5.93. The molecule has 0 bridgehead atoms. The van der Waals surface area contributed by atoms with Crippen molar-refractivity contribution in [1.82, 2.24) is 10.1 Å². The number of amides is 1. The molecule has 7 heteroatoms. The van der Waals surface area contributed by atoms with Crippen LogP contribution < -0.4 is 4.90 Å². The molecule has 138 valence electrons. The molecule has 1 aromatic heterocycles. The third-order valence-corrected chi connectivity index (χ3v) is 4.58. The first-order valence-electron chi connectivity index (χ1n) is 8.70. The number of ether oxygens (including phenoxy) is 1. The highest BCUT2D eigenvalue weighted by atomic mass is 16.5. The van der Waals surface area contributed by atoms with Crippen molar-refractivity contribution in [3.8, 4) is 0 Å². The Balaban J connectivity index is 1.55. The first kappa shape index (κ1) is 18.0. The number of anilines is 1. The average molecular weight is 357 g/mol. The summed E-state index contributed by atoms with van der Waals surface area (Å²) in [5, 5.41) is 3.74. The van der Waals surface area contributed by atoms with Crippen LogP contribution in [0.5, 0.6) is 0 Å². The molecular formula is C19H23N3O4. The Hall–Kier alpha value is -2.83. The third kappa shape index (κ3) is 3.71. The largest absolute Gasteiger partial charge is 0.449 e. The van der Waals surface area contributed by atoms with E-state index in [1.807, 2.05) is 18.2 Å². The van der Waals surface area contributed by atoms with Crippen molar-refractivity contribution >= 4 is 17.6 Å². The van der Waals surface area contributed by atoms with Gasteiger partial charge in [0.15, 0.2) is 6.10 Å². The number of para-hydroxylation sites is 1. The highest BCUT2D eigenvalue weighted by Crippen LogP contribution is 2.18. The third-order valence-electron chi connectivity index (χ3n) is 4.58. The van der Waals surface area contributed by atoms with Crippen molar-refractivity contribution < 1.29 is 18.8 Å². The highest BCUT2D eigenvalue weighted by Gasteiger charge is 2.29. The molecule has 7 nitrogen and oxygen atoms in total. The van der Waals surface area contributed by atoms with E-state index in [-0.39, 0.29) is 5.91 Å². The second-order valence-electron chi connectivity index (χ2n) is 6.39. The van der Waals surface area contributed by atoms with Crippen molar-refractivity contribution in [2.45, 2.75) is 26.9 Å². The van der Waals surface area contributed by atoms with Gasteiger partial charge in [0.2, 0.25) is 0 Å². The van der Waals surface area contributed by atoms with Gasteiger partial charge in [0.1, 0.15) is 11.3 Å². The first-order valence-corrected chi connectivity index (χ1v) is 8.70. The molecule has 1 saturated heterocycles. The quantitative estimate of drug-likeness (QED) is 0.781. The molecule has 1 aromatic carbocycles. The van der Waals surface area contributed by atoms with Crippen LogP contribution in [-0.2, 0) is 9.53 Å². The maximum atomic E-state index is 12.6. The molecule has 1 aliphatic rings. The zero-order valence-corrected chi connectivity index (χ0v) is 15.3. The fourth-order valence-corrected chi connectivity index (χ4v) is 3.13. The number of carbonyl (C=O) groups excluding carboxylic acids is 2. The maximum absolute atomic E-state index is 12.6. The van der Waals surface area contributed by atoms with Gasteiger partial charge in [0.25, 0.3) is 5.91 Å². The van der Waals surface area contributed by atoms with Gasteiger partial charge in [-0.25, -0.2) is 4.79 Å². The molecule has 0 aliphatic carbocycles. The zero-order valence-electron chi connectivity index (χ0n) is 15.3. The second-order valence-corrected chi connectivity index (χ2v) is 6.39. The molecule has 1 fully saturated rings. The minimum Gasteiger partial charge on any atom is -0.449 e. The van der Waals surface area contributed by atoms with Gasteiger partial charge in [-0.2, -0.15) is 0 Å². The number of nitrogens with zero attached hydrogens (tertiary/aromatic N) is 3. The van der Waals surface area contributed by atoms with Crippen LogP contribution in [0.25, 0.3) is 0 Å². The lowest BCUT2D eigenvalue weighted by atomic mass is 10.2. The lowest BCUT2D eigenvalue weighted by Gasteiger charge is -2.37. The Morgan fingerprint density at radius 1 is 1.12 bits per heavy atom. The molecule has 0 radical (unpaired) electrons. The SMILES string of the molecule is Cc1noc(C)c1C(=O)O[C@H](C)C(=O)N1CCN(c2ccccc2)CC1. The Labute approximate surface area is 152 Å². The van der Waals surface area contributed by atoms with E-state index in [0.717, 1.165) is 18.8 Å². The van der Waals surface area contributed by atoms with Crippen molar-refractivity contribution in [3.63, 3.8) is 0 Å². The monoisotopic (exact) mass is 357 g/mol. The molecule has 0 N–H and O–H groups in total. The molecule has 0 unspecified atom stereocenters. The number of piperazine rings is 1. The second kappa shape index (κ2) is 7.59. The zero-order chi connectivity index (χ0) is 18.7. The van der Waals surface area contributed by atoms with E-state index in [1.54, 1.807) is 25.7 Å². The Morgan fingerprint density at radius 3 is 2.35 bits per heavy atom. The molecule has 3 rings (SSSR count). The fourth-order valence-electron chi connectivity index (χ4n) is 3.13. The lowest BCUT2D eigenvalue weighted by molar-refractivity contribution is -0.140. The lowest BCUT2D eigenvalue weighted by Crippen LogP contribution is -2.51. The number of esters is 1. The predicted octanol–water partition coefficient (Wildman–Crippen LogP) is 2.19. The van der Waals surface area contributed by atoms with Gasteiger partial charge in [0, 0.05) is 31.9 Å². The number of hydrogen-bond donors (Lipinski definition) is 0. The van der Waals surface area contributed by atoms with Gasteiger partial charge in [-0.05, 0) is 32.9 Å². The van der Waals surface area contributed by atoms with Crippen LogP contribution in [-0.4, -0.2) is 54.2 Å². The van der Waals surface area contributed by atoms with E-state index >= 15 is 0 Å². The summed E-state index contributed by atoms with van der Waals surface area (Å²) < 4.78 is 10.3. The predicted molar refractivity (Wildman–Crippen MR) is 96.1 cm³/mol. The van der Waals surface area contributed by atoms with Gasteiger partial charge in [-0.1, -0.05) is 23.4 Å². The van der Waals surface area contributed by atoms with E-state index in [4.69, 9.17) is 9.26 Å². The van der Waals surface area contributed by atoms with E-state index in [2.05, 4.69) is 22.2 Å². The average Bonchev–Trinajstić information content (AvgIpc) is 3.00. The van der Waals surface area contributed by atoms with Crippen molar-refractivity contribution in [3.05, 3.63) is 47.3 Å². The molecule has 1 atom stereocenters. The van der Waals surface area contributed by atoms with Crippen molar-refractivity contribution in [2.24, 2.45) is 0 Å². The number of aryl methyl sites for hydroxylation is 2. The van der Waals surface area contributed by atoms with Crippen LogP contribution >= 0.6 is 0 Å². The normalized spacial score (nSPS) is 15.7. The summed E-state index contributed by atoms with van der Waals surface area (Å²) in [6, 6.07) is 10.1. The number of benzene rings is 1. The Bertz CT molecular complexity index is 760. The van der Waals surface area contributed by atoms with Crippen LogP contribution in [0.4, 0.5) is 5.69 Å². The van der Waals surface area contributed by atoms with E-state index in [0.29, 0.717) is 30.1 Å². The summed E-state index contributed by atoms with van der Waals surface area (Å²) in [6.45, 7) is 7.61. The number of carbonyl (C=O) groups is 2. The molecule has 0 spiro atoms. The van der Waals surface area contributed by atoms with Gasteiger partial charge in [-0.3, -0.25) is 4.79 Å². The Morgan fingerprint density at radius 2 is 1.77 bits per heavy atom. The minimum atomic E-state index is -0.848. The smallest absolute Gasteiger partial charge is 0.344 e. The fraction of sp³-hybridized carbons (Fsp3) is 0.421. The molecule has 2 heterocycles.